The van der Waals surface area contributed by atoms with Gasteiger partial charge in [-0.1, -0.05) is 6.92 Å². The van der Waals surface area contributed by atoms with E-state index in [0.717, 1.165) is 16.9 Å². The lowest BCUT2D eigenvalue weighted by Gasteiger charge is -2.14. The monoisotopic (exact) mass is 241 g/mol. The van der Waals surface area contributed by atoms with Crippen LogP contribution in [0.5, 0.6) is 0 Å². The Balaban J connectivity index is 2.64. The first-order chi connectivity index (χ1) is 7.58. The van der Waals surface area contributed by atoms with E-state index in [1.165, 1.54) is 16.2 Å². The molecule has 16 heavy (non-hydrogen) atoms. The summed E-state index contributed by atoms with van der Waals surface area (Å²) >= 11 is 1.52. The number of amides is 1. The molecule has 0 bridgehead atoms. The van der Waals surface area contributed by atoms with Crippen molar-refractivity contribution in [1.82, 2.24) is 5.32 Å². The summed E-state index contributed by atoms with van der Waals surface area (Å²) in [6.45, 7) is 6.14. The smallest absolute Gasteiger partial charge is 0.261 e. The van der Waals surface area contributed by atoms with Crippen LogP contribution in [-0.4, -0.2) is 23.7 Å². The van der Waals surface area contributed by atoms with Crippen LogP contribution in [0.1, 0.15) is 39.9 Å². The highest BCUT2D eigenvalue weighted by molar-refractivity contribution is 7.14. The number of rotatable bonds is 5. The third-order valence-corrected chi connectivity index (χ3v) is 3.85. The number of thiophene rings is 1. The number of aryl methyl sites for hydroxylation is 2. The van der Waals surface area contributed by atoms with Gasteiger partial charge in [0, 0.05) is 17.5 Å². The number of hydrogen-bond acceptors (Lipinski definition) is 3. The second-order valence-corrected chi connectivity index (χ2v) is 5.20. The van der Waals surface area contributed by atoms with Gasteiger partial charge in [0.15, 0.2) is 0 Å². The third-order valence-electron chi connectivity index (χ3n) is 2.70. The minimum absolute atomic E-state index is 0.0264. The molecule has 1 heterocycles. The van der Waals surface area contributed by atoms with Crippen LogP contribution in [0, 0.1) is 13.8 Å². The number of aliphatic hydroxyl groups excluding tert-OH is 1. The molecule has 1 amide bonds. The molecule has 1 atom stereocenters. The van der Waals surface area contributed by atoms with E-state index in [-0.39, 0.29) is 18.6 Å². The van der Waals surface area contributed by atoms with Gasteiger partial charge in [-0.05, 0) is 38.3 Å². The van der Waals surface area contributed by atoms with E-state index < -0.39 is 0 Å². The molecule has 1 rings (SSSR count). The molecule has 1 unspecified atom stereocenters. The molecule has 0 aliphatic carbocycles. The first-order valence-electron chi connectivity index (χ1n) is 5.57. The summed E-state index contributed by atoms with van der Waals surface area (Å²) in [5, 5.41) is 11.8. The van der Waals surface area contributed by atoms with E-state index in [1.807, 2.05) is 26.8 Å². The minimum Gasteiger partial charge on any atom is -0.396 e. The first-order valence-corrected chi connectivity index (χ1v) is 6.38. The van der Waals surface area contributed by atoms with Crippen molar-refractivity contribution in [2.45, 2.75) is 39.7 Å². The van der Waals surface area contributed by atoms with E-state index in [1.54, 1.807) is 0 Å². The Morgan fingerprint density at radius 3 is 2.69 bits per heavy atom. The average Bonchev–Trinajstić information content (AvgIpc) is 2.58. The van der Waals surface area contributed by atoms with E-state index in [2.05, 4.69) is 5.32 Å². The van der Waals surface area contributed by atoms with Gasteiger partial charge in [0.1, 0.15) is 0 Å². The van der Waals surface area contributed by atoms with Crippen LogP contribution >= 0.6 is 11.3 Å². The largest absolute Gasteiger partial charge is 0.396 e. The molecule has 0 saturated heterocycles. The fourth-order valence-electron chi connectivity index (χ4n) is 1.48. The van der Waals surface area contributed by atoms with Gasteiger partial charge < -0.3 is 10.4 Å². The van der Waals surface area contributed by atoms with Gasteiger partial charge in [0.2, 0.25) is 0 Å². The molecule has 0 radical (unpaired) electrons. The highest BCUT2D eigenvalue weighted by Crippen LogP contribution is 2.20. The van der Waals surface area contributed by atoms with E-state index >= 15 is 0 Å². The van der Waals surface area contributed by atoms with Gasteiger partial charge in [0.25, 0.3) is 5.91 Å². The van der Waals surface area contributed by atoms with Crippen molar-refractivity contribution >= 4 is 17.2 Å². The fourth-order valence-corrected chi connectivity index (χ4v) is 2.41. The van der Waals surface area contributed by atoms with E-state index in [0.29, 0.717) is 6.42 Å². The summed E-state index contributed by atoms with van der Waals surface area (Å²) in [6.07, 6.45) is 1.46. The van der Waals surface area contributed by atoms with Crippen molar-refractivity contribution in [1.29, 1.82) is 0 Å². The molecule has 0 spiro atoms. The summed E-state index contributed by atoms with van der Waals surface area (Å²) in [4.78, 5) is 13.8. The zero-order valence-electron chi connectivity index (χ0n) is 10.0. The number of hydrogen-bond donors (Lipinski definition) is 2. The van der Waals surface area contributed by atoms with Crippen molar-refractivity contribution in [3.63, 3.8) is 0 Å². The fraction of sp³-hybridized carbons (Fsp3) is 0.583. The highest BCUT2D eigenvalue weighted by atomic mass is 32.1. The van der Waals surface area contributed by atoms with Crippen molar-refractivity contribution in [3.8, 4) is 0 Å². The summed E-state index contributed by atoms with van der Waals surface area (Å²) in [5.74, 6) is -0.0264. The van der Waals surface area contributed by atoms with Gasteiger partial charge in [-0.2, -0.15) is 0 Å². The lowest BCUT2D eigenvalue weighted by molar-refractivity contribution is 0.0933. The topological polar surface area (TPSA) is 49.3 Å². The molecule has 0 aliphatic rings. The van der Waals surface area contributed by atoms with Gasteiger partial charge >= 0.3 is 0 Å². The van der Waals surface area contributed by atoms with Crippen molar-refractivity contribution in [2.24, 2.45) is 0 Å². The second-order valence-electron chi connectivity index (χ2n) is 3.94. The molecule has 0 saturated carbocycles. The quantitative estimate of drug-likeness (QED) is 0.830. The minimum atomic E-state index is -0.0264. The van der Waals surface area contributed by atoms with Crippen LogP contribution in [0.25, 0.3) is 0 Å². The third kappa shape index (κ3) is 3.32. The molecule has 1 aromatic rings. The second kappa shape index (κ2) is 6.01. The molecule has 4 heteroatoms. The molecule has 90 valence electrons. The summed E-state index contributed by atoms with van der Waals surface area (Å²) < 4.78 is 0. The Labute approximate surface area is 100 Å². The maximum Gasteiger partial charge on any atom is 0.261 e. The average molecular weight is 241 g/mol. The van der Waals surface area contributed by atoms with Crippen LogP contribution in [0.2, 0.25) is 0 Å². The molecule has 0 aromatic carbocycles. The predicted octanol–water partition coefficient (Wildman–Crippen LogP) is 2.26. The van der Waals surface area contributed by atoms with Crippen LogP contribution < -0.4 is 5.32 Å². The number of nitrogens with one attached hydrogen (secondary N) is 1. The van der Waals surface area contributed by atoms with Crippen LogP contribution in [0.3, 0.4) is 0 Å². The van der Waals surface area contributed by atoms with E-state index in [9.17, 15) is 4.79 Å². The number of carbonyl (C=O) groups excluding carboxylic acids is 1. The normalized spacial score (nSPS) is 12.5. The van der Waals surface area contributed by atoms with Crippen molar-refractivity contribution in [2.75, 3.05) is 6.61 Å². The molecular weight excluding hydrogens is 222 g/mol. The van der Waals surface area contributed by atoms with Gasteiger partial charge in [0.05, 0.1) is 4.88 Å². The molecule has 0 fully saturated rings. The summed E-state index contributed by atoms with van der Waals surface area (Å²) in [5.41, 5.74) is 1.16. The Bertz CT molecular complexity index is 340. The zero-order valence-corrected chi connectivity index (χ0v) is 10.9. The molecule has 2 N–H and O–H groups in total. The van der Waals surface area contributed by atoms with Gasteiger partial charge in [-0.25, -0.2) is 0 Å². The van der Waals surface area contributed by atoms with Crippen LogP contribution in [0.4, 0.5) is 0 Å². The van der Waals surface area contributed by atoms with Gasteiger partial charge in [-0.15, -0.1) is 11.3 Å². The molecular formula is C12H19NO2S. The zero-order chi connectivity index (χ0) is 12.1. The Kier molecular flexibility index (Phi) is 4.96. The maximum atomic E-state index is 11.9. The lowest BCUT2D eigenvalue weighted by Crippen LogP contribution is -2.34. The number of aliphatic hydroxyl groups is 1. The maximum absolute atomic E-state index is 11.9. The lowest BCUT2D eigenvalue weighted by atomic mass is 10.1. The Hall–Kier alpha value is -0.870. The highest BCUT2D eigenvalue weighted by Gasteiger charge is 2.14. The first kappa shape index (κ1) is 13.2. The van der Waals surface area contributed by atoms with Crippen molar-refractivity contribution in [3.05, 3.63) is 21.4 Å². The van der Waals surface area contributed by atoms with E-state index in [4.69, 9.17) is 5.11 Å². The Morgan fingerprint density at radius 2 is 2.25 bits per heavy atom. The predicted molar refractivity (Wildman–Crippen MR) is 67.0 cm³/mol. The summed E-state index contributed by atoms with van der Waals surface area (Å²) in [7, 11) is 0. The molecule has 1 aromatic heterocycles. The van der Waals surface area contributed by atoms with Crippen molar-refractivity contribution < 1.29 is 9.90 Å². The molecule has 3 nitrogen and oxygen atoms in total. The standard InChI is InChI=1S/C12H19NO2S/c1-4-10(5-6-14)13-12(15)11-7-8(2)9(3)16-11/h7,10,14H,4-6H2,1-3H3,(H,13,15). The molecule has 0 aliphatic heterocycles. The number of carbonyl (C=O) groups is 1. The SMILES string of the molecule is CCC(CCO)NC(=O)c1cc(C)c(C)s1. The van der Waals surface area contributed by atoms with Gasteiger partial charge in [-0.3, -0.25) is 4.79 Å². The van der Waals surface area contributed by atoms with Crippen LogP contribution in [0.15, 0.2) is 6.07 Å². The van der Waals surface area contributed by atoms with Crippen LogP contribution in [-0.2, 0) is 0 Å². The Morgan fingerprint density at radius 1 is 1.56 bits per heavy atom. The summed E-state index contributed by atoms with van der Waals surface area (Å²) in [6, 6.07) is 1.99.